The molecule has 1 aromatic heterocycles. The van der Waals surface area contributed by atoms with E-state index in [0.29, 0.717) is 30.6 Å². The van der Waals surface area contributed by atoms with Gasteiger partial charge in [0.25, 0.3) is 10.0 Å². The lowest BCUT2D eigenvalue weighted by molar-refractivity contribution is -0.151. The summed E-state index contributed by atoms with van der Waals surface area (Å²) in [6, 6.07) is 15.7. The highest BCUT2D eigenvalue weighted by Crippen LogP contribution is 2.36. The standard InChI is InChI=1S/C27H26N2O5S/c1-34-26(31)27(15-8-3-9-16-27)18-25(30)28-17-14-22-21-12-6-7-13-23(21)29(24(22)19-28)35(32,33)20-10-4-2-5-11-20/h2,4-13,15-16H,3,14,17-19H2,1H3. The van der Waals surface area contributed by atoms with Crippen LogP contribution in [0.2, 0.25) is 0 Å². The highest BCUT2D eigenvalue weighted by Gasteiger charge is 2.40. The minimum absolute atomic E-state index is 0.0757. The molecule has 5 rings (SSSR count). The van der Waals surface area contributed by atoms with Gasteiger partial charge in [0.2, 0.25) is 5.91 Å². The van der Waals surface area contributed by atoms with Crippen molar-refractivity contribution in [3.8, 4) is 0 Å². The fourth-order valence-corrected chi connectivity index (χ4v) is 6.62. The van der Waals surface area contributed by atoms with E-state index in [9.17, 15) is 18.0 Å². The van der Waals surface area contributed by atoms with Gasteiger partial charge >= 0.3 is 5.97 Å². The summed E-state index contributed by atoms with van der Waals surface area (Å²) in [7, 11) is -2.58. The smallest absolute Gasteiger partial charge is 0.320 e. The number of methoxy groups -OCH3 is 1. The second-order valence-electron chi connectivity index (χ2n) is 8.84. The van der Waals surface area contributed by atoms with E-state index in [2.05, 4.69) is 0 Å². The van der Waals surface area contributed by atoms with Crippen LogP contribution in [0.4, 0.5) is 0 Å². The predicted octanol–water partition coefficient (Wildman–Crippen LogP) is 3.83. The zero-order valence-electron chi connectivity index (χ0n) is 19.4. The van der Waals surface area contributed by atoms with Crippen molar-refractivity contribution in [3.63, 3.8) is 0 Å². The Morgan fingerprint density at radius 2 is 1.69 bits per heavy atom. The molecule has 1 aliphatic heterocycles. The summed E-state index contributed by atoms with van der Waals surface area (Å²) in [4.78, 5) is 27.9. The average Bonchev–Trinajstić information content (AvgIpc) is 3.23. The summed E-state index contributed by atoms with van der Waals surface area (Å²) < 4.78 is 33.8. The van der Waals surface area contributed by atoms with Crippen LogP contribution in [0.3, 0.4) is 0 Å². The highest BCUT2D eigenvalue weighted by atomic mass is 32.2. The number of ether oxygens (including phenoxy) is 1. The molecule has 1 amide bonds. The number of fused-ring (bicyclic) bond motifs is 3. The quantitative estimate of drug-likeness (QED) is 0.401. The van der Waals surface area contributed by atoms with Crippen LogP contribution in [0.15, 0.2) is 83.8 Å². The second kappa shape index (κ2) is 8.85. The van der Waals surface area contributed by atoms with E-state index in [1.54, 1.807) is 53.5 Å². The van der Waals surface area contributed by atoms with Crippen molar-refractivity contribution in [3.05, 3.63) is 90.2 Å². The van der Waals surface area contributed by atoms with Gasteiger partial charge in [0.1, 0.15) is 5.41 Å². The topological polar surface area (TPSA) is 85.7 Å². The van der Waals surface area contributed by atoms with Gasteiger partial charge in [-0.05, 0) is 36.6 Å². The van der Waals surface area contributed by atoms with Gasteiger partial charge in [-0.2, -0.15) is 0 Å². The zero-order chi connectivity index (χ0) is 24.6. The summed E-state index contributed by atoms with van der Waals surface area (Å²) in [5, 5.41) is 0.873. The Balaban J connectivity index is 1.54. The molecule has 180 valence electrons. The van der Waals surface area contributed by atoms with Crippen molar-refractivity contribution in [1.82, 2.24) is 8.87 Å². The molecule has 2 aromatic carbocycles. The van der Waals surface area contributed by atoms with E-state index in [1.165, 1.54) is 11.1 Å². The molecule has 7 nitrogen and oxygen atoms in total. The molecule has 2 heterocycles. The monoisotopic (exact) mass is 490 g/mol. The van der Waals surface area contributed by atoms with Crippen LogP contribution in [-0.2, 0) is 37.3 Å². The maximum atomic E-state index is 13.7. The molecule has 0 saturated heterocycles. The van der Waals surface area contributed by atoms with E-state index in [4.69, 9.17) is 4.74 Å². The Labute approximate surface area is 204 Å². The SMILES string of the molecule is COC(=O)C1(CC(=O)N2CCc3c(n(S(=O)(=O)c4ccccc4)c4ccccc34)C2)C=CCC=C1. The number of hydrogen-bond donors (Lipinski definition) is 0. The molecule has 0 saturated carbocycles. The Morgan fingerprint density at radius 1 is 1.00 bits per heavy atom. The summed E-state index contributed by atoms with van der Waals surface area (Å²) in [5.74, 6) is -0.720. The first kappa shape index (κ1) is 23.1. The van der Waals surface area contributed by atoms with Gasteiger partial charge in [0.05, 0.1) is 29.8 Å². The largest absolute Gasteiger partial charge is 0.468 e. The minimum Gasteiger partial charge on any atom is -0.468 e. The Bertz CT molecular complexity index is 1460. The molecule has 0 N–H and O–H groups in total. The van der Waals surface area contributed by atoms with Crippen LogP contribution >= 0.6 is 0 Å². The van der Waals surface area contributed by atoms with Crippen LogP contribution < -0.4 is 0 Å². The van der Waals surface area contributed by atoms with Crippen molar-refractivity contribution in [1.29, 1.82) is 0 Å². The Kier molecular flexibility index (Phi) is 5.84. The molecule has 1 aliphatic carbocycles. The van der Waals surface area contributed by atoms with Crippen LogP contribution in [0.1, 0.15) is 24.1 Å². The van der Waals surface area contributed by atoms with Gasteiger partial charge in [-0.1, -0.05) is 60.7 Å². The number of aromatic nitrogens is 1. The summed E-state index contributed by atoms with van der Waals surface area (Å²) in [5.41, 5.74) is 0.966. The molecule has 35 heavy (non-hydrogen) atoms. The lowest BCUT2D eigenvalue weighted by Gasteiger charge is -2.32. The number of nitrogens with zero attached hydrogens (tertiary/aromatic N) is 2. The third kappa shape index (κ3) is 3.87. The van der Waals surface area contributed by atoms with Crippen LogP contribution in [0.5, 0.6) is 0 Å². The first-order valence-electron chi connectivity index (χ1n) is 11.5. The molecule has 3 aromatic rings. The Morgan fingerprint density at radius 3 is 2.40 bits per heavy atom. The van der Waals surface area contributed by atoms with Gasteiger partial charge in [-0.3, -0.25) is 9.59 Å². The molecule has 0 bridgehead atoms. The van der Waals surface area contributed by atoms with Gasteiger partial charge in [0.15, 0.2) is 0 Å². The lowest BCUT2D eigenvalue weighted by Crippen LogP contribution is -2.41. The molecule has 8 heteroatoms. The molecule has 0 radical (unpaired) electrons. The van der Waals surface area contributed by atoms with Crippen LogP contribution in [-0.4, -0.2) is 42.8 Å². The van der Waals surface area contributed by atoms with Crippen molar-refractivity contribution in [2.75, 3.05) is 13.7 Å². The number of allylic oxidation sites excluding steroid dienone is 2. The van der Waals surface area contributed by atoms with E-state index in [1.807, 2.05) is 30.4 Å². The molecule has 2 aliphatic rings. The average molecular weight is 491 g/mol. The first-order chi connectivity index (χ1) is 16.9. The molecular formula is C27H26N2O5S. The van der Waals surface area contributed by atoms with Gasteiger partial charge < -0.3 is 9.64 Å². The van der Waals surface area contributed by atoms with E-state index >= 15 is 0 Å². The van der Waals surface area contributed by atoms with E-state index in [0.717, 1.165) is 10.9 Å². The van der Waals surface area contributed by atoms with Crippen LogP contribution in [0, 0.1) is 5.41 Å². The number of hydrogen-bond acceptors (Lipinski definition) is 5. The number of benzene rings is 2. The number of esters is 1. The third-order valence-corrected chi connectivity index (χ3v) is 8.53. The summed E-state index contributed by atoms with van der Waals surface area (Å²) in [6.07, 6.45) is 8.29. The molecule has 0 unspecified atom stereocenters. The number of carbonyl (C=O) groups is 2. The lowest BCUT2D eigenvalue weighted by atomic mass is 9.80. The molecule has 0 atom stereocenters. The van der Waals surface area contributed by atoms with Gasteiger partial charge in [0, 0.05) is 18.4 Å². The number of carbonyl (C=O) groups excluding carboxylic acids is 2. The van der Waals surface area contributed by atoms with Crippen molar-refractivity contribution in [2.45, 2.75) is 30.7 Å². The fraction of sp³-hybridized carbons (Fsp3) is 0.259. The molecule has 0 spiro atoms. The normalized spacial score (nSPS) is 16.8. The third-order valence-electron chi connectivity index (χ3n) is 6.76. The predicted molar refractivity (Wildman–Crippen MR) is 132 cm³/mol. The summed E-state index contributed by atoms with van der Waals surface area (Å²) >= 11 is 0. The molecular weight excluding hydrogens is 464 g/mol. The zero-order valence-corrected chi connectivity index (χ0v) is 20.2. The van der Waals surface area contributed by atoms with E-state index in [-0.39, 0.29) is 23.8 Å². The van der Waals surface area contributed by atoms with Crippen LogP contribution in [0.25, 0.3) is 10.9 Å². The van der Waals surface area contributed by atoms with Crippen molar-refractivity contribution < 1.29 is 22.7 Å². The van der Waals surface area contributed by atoms with E-state index < -0.39 is 21.4 Å². The number of amides is 1. The highest BCUT2D eigenvalue weighted by molar-refractivity contribution is 7.90. The number of para-hydroxylation sites is 1. The van der Waals surface area contributed by atoms with Crippen molar-refractivity contribution >= 4 is 32.8 Å². The minimum atomic E-state index is -3.89. The first-order valence-corrected chi connectivity index (χ1v) is 12.9. The second-order valence-corrected chi connectivity index (χ2v) is 10.6. The van der Waals surface area contributed by atoms with Gasteiger partial charge in [-0.15, -0.1) is 0 Å². The number of rotatable bonds is 5. The maximum Gasteiger partial charge on any atom is 0.320 e. The Hall–Kier alpha value is -3.65. The molecule has 0 fully saturated rings. The van der Waals surface area contributed by atoms with Gasteiger partial charge in [-0.25, -0.2) is 12.4 Å². The summed E-state index contributed by atoms with van der Waals surface area (Å²) in [6.45, 7) is 0.579. The maximum absolute atomic E-state index is 13.7. The fourth-order valence-electron chi connectivity index (χ4n) is 5.03. The van der Waals surface area contributed by atoms with Crippen molar-refractivity contribution in [2.24, 2.45) is 5.41 Å².